The molecule has 0 N–H and O–H groups in total. The number of hydrogen-bond donors (Lipinski definition) is 0. The van der Waals surface area contributed by atoms with E-state index < -0.39 is 0 Å². The normalized spacial score (nSPS) is 10.6. The summed E-state index contributed by atoms with van der Waals surface area (Å²) in [6.07, 6.45) is 24.7. The van der Waals surface area contributed by atoms with Crippen molar-refractivity contribution in [3.8, 4) is 0 Å². The predicted octanol–water partition coefficient (Wildman–Crippen LogP) is 6.97. The van der Waals surface area contributed by atoms with E-state index in [0.29, 0.717) is 0 Å². The molecule has 0 heteroatoms. The van der Waals surface area contributed by atoms with Crippen LogP contribution in [0.5, 0.6) is 0 Å². The second kappa shape index (κ2) is 17.3. The Morgan fingerprint density at radius 1 is 0.632 bits per heavy atom. The molecule has 0 aliphatic heterocycles. The van der Waals surface area contributed by atoms with Gasteiger partial charge in [0.15, 0.2) is 0 Å². The van der Waals surface area contributed by atoms with E-state index in [2.05, 4.69) is 43.9 Å². The number of allylic oxidation sites excluding steroid dienone is 3. The summed E-state index contributed by atoms with van der Waals surface area (Å²) in [5.74, 6) is 0. The van der Waals surface area contributed by atoms with Gasteiger partial charge in [0.1, 0.15) is 0 Å². The van der Waals surface area contributed by atoms with E-state index in [0.717, 1.165) is 6.42 Å². The minimum atomic E-state index is 1.04. The van der Waals surface area contributed by atoms with E-state index in [1.807, 2.05) is 0 Å². The zero-order valence-electron chi connectivity index (χ0n) is 13.3. The van der Waals surface area contributed by atoms with Gasteiger partial charge in [0.05, 0.1) is 0 Å². The lowest BCUT2D eigenvalue weighted by molar-refractivity contribution is 0.592. The Bertz CT molecular complexity index is 241. The molecule has 0 atom stereocenters. The quantitative estimate of drug-likeness (QED) is 0.191. The van der Waals surface area contributed by atoms with Crippen molar-refractivity contribution in [3.05, 3.63) is 30.0 Å². The van der Waals surface area contributed by atoms with E-state index >= 15 is 0 Å². The molecule has 0 aromatic carbocycles. The maximum Gasteiger partial charge on any atom is -0.00930 e. The first-order valence-corrected chi connectivity index (χ1v) is 8.46. The van der Waals surface area contributed by atoms with Gasteiger partial charge >= 0.3 is 0 Å². The minimum absolute atomic E-state index is 1.04. The minimum Gasteiger partial charge on any atom is -0.129 e. The molecule has 0 aliphatic rings. The lowest BCUT2D eigenvalue weighted by atomic mass is 10.1. The Hall–Kier alpha value is -0.740. The predicted molar refractivity (Wildman–Crippen MR) is 88.5 cm³/mol. The first-order valence-electron chi connectivity index (χ1n) is 8.46. The molecule has 110 valence electrons. The molecular weight excluding hydrogens is 228 g/mol. The van der Waals surface area contributed by atoms with Gasteiger partial charge in [-0.05, 0) is 44.3 Å². The summed E-state index contributed by atoms with van der Waals surface area (Å²) in [5, 5.41) is 0. The number of rotatable bonds is 13. The van der Waals surface area contributed by atoms with Gasteiger partial charge in [-0.15, -0.1) is 5.73 Å². The number of hydrogen-bond acceptors (Lipinski definition) is 0. The zero-order chi connectivity index (χ0) is 14.0. The van der Waals surface area contributed by atoms with Crippen LogP contribution in [0, 0.1) is 0 Å². The van der Waals surface area contributed by atoms with E-state index in [4.69, 9.17) is 0 Å². The molecule has 0 amide bonds. The topological polar surface area (TPSA) is 0 Å². The molecule has 19 heavy (non-hydrogen) atoms. The van der Waals surface area contributed by atoms with Gasteiger partial charge in [-0.2, -0.15) is 0 Å². The fourth-order valence-electron chi connectivity index (χ4n) is 2.04. The van der Waals surface area contributed by atoms with Crippen LogP contribution in [-0.2, 0) is 0 Å². The molecule has 0 aliphatic carbocycles. The highest BCUT2D eigenvalue weighted by Gasteiger charge is 1.88. The van der Waals surface area contributed by atoms with E-state index in [9.17, 15) is 0 Å². The third kappa shape index (κ3) is 17.3. The van der Waals surface area contributed by atoms with E-state index in [-0.39, 0.29) is 0 Å². The Labute approximate surface area is 121 Å². The maximum absolute atomic E-state index is 3.25. The Morgan fingerprint density at radius 3 is 2.05 bits per heavy atom. The largest absolute Gasteiger partial charge is 0.129 e. The van der Waals surface area contributed by atoms with Crippen LogP contribution in [-0.4, -0.2) is 0 Å². The van der Waals surface area contributed by atoms with Crippen molar-refractivity contribution >= 4 is 0 Å². The Balaban J connectivity index is 3.23. The smallest absolute Gasteiger partial charge is 0.00930 e. The molecule has 0 saturated carbocycles. The molecular formula is C19H34. The first kappa shape index (κ1) is 18.3. The van der Waals surface area contributed by atoms with Crippen LogP contribution in [0.2, 0.25) is 0 Å². The second-order valence-electron chi connectivity index (χ2n) is 5.33. The summed E-state index contributed by atoms with van der Waals surface area (Å²) < 4.78 is 0. The van der Waals surface area contributed by atoms with E-state index in [1.54, 1.807) is 0 Å². The monoisotopic (exact) mass is 262 g/mol. The van der Waals surface area contributed by atoms with Crippen LogP contribution in [0.25, 0.3) is 0 Å². The van der Waals surface area contributed by atoms with Crippen LogP contribution in [0.4, 0.5) is 0 Å². The third-order valence-electron chi connectivity index (χ3n) is 3.33. The van der Waals surface area contributed by atoms with E-state index in [1.165, 1.54) is 70.6 Å². The number of unbranched alkanes of at least 4 members (excludes halogenated alkanes) is 9. The second-order valence-corrected chi connectivity index (χ2v) is 5.33. The highest BCUT2D eigenvalue weighted by molar-refractivity contribution is 4.93. The van der Waals surface area contributed by atoms with Crippen LogP contribution in [0.3, 0.4) is 0 Å². The van der Waals surface area contributed by atoms with Gasteiger partial charge in [-0.1, -0.05) is 70.9 Å². The standard InChI is InChI=1S/C19H34/c1-3-5-7-9-11-13-15-17-19-18-16-14-12-10-8-6-4-2/h9,13,17,19H,3-8,10,12,14-16,18H2,1-2H3/b19-17+. The molecule has 0 nitrogen and oxygen atoms in total. The molecule has 0 spiro atoms. The molecule has 0 aromatic heterocycles. The fourth-order valence-corrected chi connectivity index (χ4v) is 2.04. The van der Waals surface area contributed by atoms with Gasteiger partial charge in [0.25, 0.3) is 0 Å². The average molecular weight is 262 g/mol. The van der Waals surface area contributed by atoms with Gasteiger partial charge in [-0.3, -0.25) is 0 Å². The molecule has 0 unspecified atom stereocenters. The fraction of sp³-hybridized carbons (Fsp3) is 0.737. The van der Waals surface area contributed by atoms with Gasteiger partial charge in [-0.25, -0.2) is 0 Å². The van der Waals surface area contributed by atoms with Crippen molar-refractivity contribution in [1.29, 1.82) is 0 Å². The van der Waals surface area contributed by atoms with Crippen molar-refractivity contribution in [1.82, 2.24) is 0 Å². The summed E-state index contributed by atoms with van der Waals surface area (Å²) in [6, 6.07) is 0. The average Bonchev–Trinajstić information content (AvgIpc) is 2.43. The SMILES string of the molecule is CCCCC=C=CC/C=C/CCCCCCCCC. The molecule has 0 aromatic rings. The summed E-state index contributed by atoms with van der Waals surface area (Å²) in [4.78, 5) is 0. The lowest BCUT2D eigenvalue weighted by Crippen LogP contribution is -1.78. The van der Waals surface area contributed by atoms with Gasteiger partial charge < -0.3 is 0 Å². The molecule has 0 bridgehead atoms. The van der Waals surface area contributed by atoms with Crippen LogP contribution in [0.1, 0.15) is 90.9 Å². The van der Waals surface area contributed by atoms with Crippen molar-refractivity contribution in [2.45, 2.75) is 90.9 Å². The Kier molecular flexibility index (Phi) is 16.6. The summed E-state index contributed by atoms with van der Waals surface area (Å²) in [7, 11) is 0. The van der Waals surface area contributed by atoms with Gasteiger partial charge in [0, 0.05) is 0 Å². The molecule has 0 heterocycles. The third-order valence-corrected chi connectivity index (χ3v) is 3.33. The first-order chi connectivity index (χ1) is 9.41. The maximum atomic E-state index is 3.25. The Morgan fingerprint density at radius 2 is 1.32 bits per heavy atom. The highest BCUT2D eigenvalue weighted by Crippen LogP contribution is 2.08. The van der Waals surface area contributed by atoms with Crippen molar-refractivity contribution in [2.24, 2.45) is 0 Å². The zero-order valence-corrected chi connectivity index (χ0v) is 13.3. The van der Waals surface area contributed by atoms with Crippen molar-refractivity contribution < 1.29 is 0 Å². The molecule has 0 fully saturated rings. The van der Waals surface area contributed by atoms with Gasteiger partial charge in [0.2, 0.25) is 0 Å². The summed E-state index contributed by atoms with van der Waals surface area (Å²) in [6.45, 7) is 4.50. The van der Waals surface area contributed by atoms with Crippen molar-refractivity contribution in [3.63, 3.8) is 0 Å². The summed E-state index contributed by atoms with van der Waals surface area (Å²) in [5.41, 5.74) is 3.25. The highest BCUT2D eigenvalue weighted by atomic mass is 13.9. The summed E-state index contributed by atoms with van der Waals surface area (Å²) >= 11 is 0. The molecule has 0 rings (SSSR count). The molecule has 0 saturated heterocycles. The van der Waals surface area contributed by atoms with Crippen LogP contribution < -0.4 is 0 Å². The van der Waals surface area contributed by atoms with Crippen molar-refractivity contribution in [2.75, 3.05) is 0 Å². The lowest BCUT2D eigenvalue weighted by Gasteiger charge is -1.98. The van der Waals surface area contributed by atoms with Crippen LogP contribution in [0.15, 0.2) is 30.0 Å². The molecule has 0 radical (unpaired) electrons. The van der Waals surface area contributed by atoms with Crippen LogP contribution >= 0.6 is 0 Å².